The highest BCUT2D eigenvalue weighted by Crippen LogP contribution is 2.17. The van der Waals surface area contributed by atoms with Crippen molar-refractivity contribution in [2.24, 2.45) is 0 Å². The van der Waals surface area contributed by atoms with Crippen molar-refractivity contribution in [1.82, 2.24) is 5.32 Å². The van der Waals surface area contributed by atoms with Crippen LogP contribution in [0.1, 0.15) is 11.1 Å². The van der Waals surface area contributed by atoms with Gasteiger partial charge in [0.05, 0.1) is 11.4 Å². The Kier molecular flexibility index (Phi) is 4.44. The molecule has 20 heavy (non-hydrogen) atoms. The number of rotatable bonds is 5. The summed E-state index contributed by atoms with van der Waals surface area (Å²) in [5, 5.41) is 14.1. The Morgan fingerprint density at radius 1 is 1.00 bits per heavy atom. The topological polar surface area (TPSA) is 87.4 Å². The third-order valence-corrected chi connectivity index (χ3v) is 2.91. The molecule has 5 N–H and O–H groups in total. The first kappa shape index (κ1) is 13.7. The molecular formula is C15H17N3O2. The molecule has 0 spiro atoms. The molecule has 0 bridgehead atoms. The van der Waals surface area contributed by atoms with Crippen molar-refractivity contribution in [3.63, 3.8) is 0 Å². The van der Waals surface area contributed by atoms with E-state index in [1.165, 1.54) is 0 Å². The van der Waals surface area contributed by atoms with Gasteiger partial charge in [-0.2, -0.15) is 0 Å². The van der Waals surface area contributed by atoms with Gasteiger partial charge in [-0.15, -0.1) is 0 Å². The van der Waals surface area contributed by atoms with Crippen molar-refractivity contribution in [2.45, 2.75) is 13.1 Å². The fourth-order valence-corrected chi connectivity index (χ4v) is 1.81. The second-order valence-corrected chi connectivity index (χ2v) is 4.42. The molecule has 2 aromatic carbocycles. The van der Waals surface area contributed by atoms with Crippen molar-refractivity contribution in [1.29, 1.82) is 0 Å². The lowest BCUT2D eigenvalue weighted by molar-refractivity contribution is 0.194. The quantitative estimate of drug-likeness (QED) is 0.630. The lowest BCUT2D eigenvalue weighted by Crippen LogP contribution is -2.19. The molecule has 1 amide bonds. The van der Waals surface area contributed by atoms with Crippen LogP contribution in [0.2, 0.25) is 0 Å². The lowest BCUT2D eigenvalue weighted by atomic mass is 10.1. The number of nitrogen functional groups attached to an aromatic ring is 1. The highest BCUT2D eigenvalue weighted by Gasteiger charge is 1.99. The number of nitrogens with two attached hydrogens (primary N) is 1. The number of benzene rings is 2. The SMILES string of the molecule is Nc1ccccc1NCc1ccc(CNC(=O)O)cc1. The highest BCUT2D eigenvalue weighted by atomic mass is 16.4. The standard InChI is InChI=1S/C15H17N3O2/c16-13-3-1-2-4-14(13)17-9-11-5-7-12(8-6-11)10-18-15(19)20/h1-8,17-18H,9-10,16H2,(H,19,20). The molecular weight excluding hydrogens is 254 g/mol. The largest absolute Gasteiger partial charge is 0.465 e. The number of carbonyl (C=O) groups is 1. The first-order valence-electron chi connectivity index (χ1n) is 6.28. The summed E-state index contributed by atoms with van der Waals surface area (Å²) in [6, 6.07) is 15.3. The molecule has 0 unspecified atom stereocenters. The van der Waals surface area contributed by atoms with Gasteiger partial charge in [0, 0.05) is 13.1 Å². The Hall–Kier alpha value is -2.69. The second kappa shape index (κ2) is 6.47. The average molecular weight is 271 g/mol. The number of hydrogen-bond acceptors (Lipinski definition) is 3. The lowest BCUT2D eigenvalue weighted by Gasteiger charge is -2.09. The minimum absolute atomic E-state index is 0.314. The molecule has 0 saturated heterocycles. The van der Waals surface area contributed by atoms with Crippen LogP contribution >= 0.6 is 0 Å². The Bertz CT molecular complexity index is 582. The normalized spacial score (nSPS) is 10.0. The second-order valence-electron chi connectivity index (χ2n) is 4.42. The van der Waals surface area contributed by atoms with Crippen LogP contribution in [0.5, 0.6) is 0 Å². The molecule has 104 valence electrons. The molecule has 0 saturated carbocycles. The average Bonchev–Trinajstić information content (AvgIpc) is 2.45. The molecule has 5 nitrogen and oxygen atoms in total. The summed E-state index contributed by atoms with van der Waals surface area (Å²) in [4.78, 5) is 10.4. The van der Waals surface area contributed by atoms with Crippen LogP contribution in [0.25, 0.3) is 0 Å². The number of para-hydroxylation sites is 2. The number of hydrogen-bond donors (Lipinski definition) is 4. The van der Waals surface area contributed by atoms with Crippen LogP contribution in [0.15, 0.2) is 48.5 Å². The maximum atomic E-state index is 10.4. The van der Waals surface area contributed by atoms with Gasteiger partial charge in [0.15, 0.2) is 0 Å². The first-order chi connectivity index (χ1) is 9.65. The van der Waals surface area contributed by atoms with Gasteiger partial charge in [0.1, 0.15) is 0 Å². The summed E-state index contributed by atoms with van der Waals surface area (Å²) in [7, 11) is 0. The van der Waals surface area contributed by atoms with Gasteiger partial charge < -0.3 is 21.5 Å². The van der Waals surface area contributed by atoms with Crippen LogP contribution in [-0.2, 0) is 13.1 Å². The number of carboxylic acid groups (broad SMARTS) is 1. The van der Waals surface area contributed by atoms with E-state index in [1.54, 1.807) is 0 Å². The van der Waals surface area contributed by atoms with E-state index in [2.05, 4.69) is 10.6 Å². The summed E-state index contributed by atoms with van der Waals surface area (Å²) in [5.41, 5.74) is 9.50. The maximum absolute atomic E-state index is 10.4. The Morgan fingerprint density at radius 2 is 1.60 bits per heavy atom. The molecule has 2 rings (SSSR count). The van der Waals surface area contributed by atoms with Gasteiger partial charge in [-0.05, 0) is 23.3 Å². The molecule has 0 atom stereocenters. The summed E-state index contributed by atoms with van der Waals surface area (Å²) in [6.07, 6.45) is -1.02. The summed E-state index contributed by atoms with van der Waals surface area (Å²) >= 11 is 0. The van der Waals surface area contributed by atoms with Crippen molar-refractivity contribution in [3.05, 3.63) is 59.7 Å². The van der Waals surface area contributed by atoms with E-state index >= 15 is 0 Å². The van der Waals surface area contributed by atoms with E-state index in [1.807, 2.05) is 48.5 Å². The van der Waals surface area contributed by atoms with Crippen molar-refractivity contribution >= 4 is 17.5 Å². The van der Waals surface area contributed by atoms with Crippen LogP contribution in [0, 0.1) is 0 Å². The summed E-state index contributed by atoms with van der Waals surface area (Å²) < 4.78 is 0. The molecule has 0 aromatic heterocycles. The minimum Gasteiger partial charge on any atom is -0.465 e. The number of nitrogens with one attached hydrogen (secondary N) is 2. The van der Waals surface area contributed by atoms with Crippen LogP contribution in [-0.4, -0.2) is 11.2 Å². The van der Waals surface area contributed by atoms with E-state index in [0.29, 0.717) is 13.1 Å². The Labute approximate surface area is 117 Å². The van der Waals surface area contributed by atoms with Gasteiger partial charge in [0.2, 0.25) is 0 Å². The van der Waals surface area contributed by atoms with Gasteiger partial charge >= 0.3 is 6.09 Å². The highest BCUT2D eigenvalue weighted by molar-refractivity contribution is 5.65. The van der Waals surface area contributed by atoms with E-state index in [0.717, 1.165) is 22.5 Å². The third kappa shape index (κ3) is 3.91. The molecule has 2 aromatic rings. The minimum atomic E-state index is -1.02. The van der Waals surface area contributed by atoms with Crippen molar-refractivity contribution < 1.29 is 9.90 Å². The molecule has 0 aliphatic carbocycles. The molecule has 0 heterocycles. The zero-order chi connectivity index (χ0) is 14.4. The monoisotopic (exact) mass is 271 g/mol. The number of amides is 1. The van der Waals surface area contributed by atoms with Gasteiger partial charge in [-0.25, -0.2) is 4.79 Å². The molecule has 5 heteroatoms. The molecule has 0 aliphatic rings. The van der Waals surface area contributed by atoms with E-state index < -0.39 is 6.09 Å². The number of anilines is 2. The van der Waals surface area contributed by atoms with Gasteiger partial charge in [-0.1, -0.05) is 36.4 Å². The van der Waals surface area contributed by atoms with E-state index in [9.17, 15) is 4.79 Å². The van der Waals surface area contributed by atoms with Crippen LogP contribution < -0.4 is 16.4 Å². The Balaban J connectivity index is 1.91. The van der Waals surface area contributed by atoms with Crippen molar-refractivity contribution in [2.75, 3.05) is 11.1 Å². The van der Waals surface area contributed by atoms with E-state index in [4.69, 9.17) is 10.8 Å². The van der Waals surface area contributed by atoms with Gasteiger partial charge in [0.25, 0.3) is 0 Å². The van der Waals surface area contributed by atoms with Gasteiger partial charge in [-0.3, -0.25) is 0 Å². The zero-order valence-electron chi connectivity index (χ0n) is 11.0. The van der Waals surface area contributed by atoms with E-state index in [-0.39, 0.29) is 0 Å². The molecule has 0 fully saturated rings. The summed E-state index contributed by atoms with van der Waals surface area (Å²) in [5.74, 6) is 0. The van der Waals surface area contributed by atoms with Crippen molar-refractivity contribution in [3.8, 4) is 0 Å². The smallest absolute Gasteiger partial charge is 0.404 e. The van der Waals surface area contributed by atoms with Crippen LogP contribution in [0.4, 0.5) is 16.2 Å². The third-order valence-electron chi connectivity index (χ3n) is 2.91. The fraction of sp³-hybridized carbons (Fsp3) is 0.133. The Morgan fingerprint density at radius 3 is 2.20 bits per heavy atom. The molecule has 0 aliphatic heterocycles. The first-order valence-corrected chi connectivity index (χ1v) is 6.28. The predicted molar refractivity (Wildman–Crippen MR) is 79.5 cm³/mol. The zero-order valence-corrected chi connectivity index (χ0v) is 11.0. The predicted octanol–water partition coefficient (Wildman–Crippen LogP) is 2.65. The summed E-state index contributed by atoms with van der Waals surface area (Å²) in [6.45, 7) is 0.982. The fourth-order valence-electron chi connectivity index (χ4n) is 1.81. The van der Waals surface area contributed by atoms with Crippen LogP contribution in [0.3, 0.4) is 0 Å². The maximum Gasteiger partial charge on any atom is 0.404 e. The molecule has 0 radical (unpaired) electrons.